The maximum atomic E-state index is 11.5. The summed E-state index contributed by atoms with van der Waals surface area (Å²) in [5.41, 5.74) is -2.74. The van der Waals surface area contributed by atoms with E-state index >= 15 is 0 Å². The van der Waals surface area contributed by atoms with Crippen LogP contribution in [-0.4, -0.2) is 35.7 Å². The molecule has 3 aliphatic heterocycles. The lowest BCUT2D eigenvalue weighted by molar-refractivity contribution is -0.152. The molecule has 0 aromatic heterocycles. The number of hydrogen-bond acceptors (Lipinski definition) is 9. The van der Waals surface area contributed by atoms with E-state index in [-0.39, 0.29) is 41.1 Å². The zero-order valence-electron chi connectivity index (χ0n) is 23.0. The molecule has 0 radical (unpaired) electrons. The smallest absolute Gasteiger partial charge is 0.327 e. The Labute approximate surface area is 224 Å². The van der Waals surface area contributed by atoms with Crippen LogP contribution in [0.25, 0.3) is 0 Å². The van der Waals surface area contributed by atoms with Gasteiger partial charge in [-0.3, -0.25) is 14.4 Å². The van der Waals surface area contributed by atoms with Gasteiger partial charge in [-0.1, -0.05) is 27.7 Å². The molecule has 0 amide bonds. The highest BCUT2D eigenvalue weighted by Crippen LogP contribution is 2.53. The molecule has 0 spiro atoms. The number of carbonyl (C=O) groups is 3. The van der Waals surface area contributed by atoms with E-state index in [0.29, 0.717) is 50.4 Å². The Bertz CT molecular complexity index is 1160. The van der Waals surface area contributed by atoms with Gasteiger partial charge >= 0.3 is 17.9 Å². The van der Waals surface area contributed by atoms with E-state index in [1.807, 2.05) is 6.92 Å². The van der Waals surface area contributed by atoms with Gasteiger partial charge in [0.15, 0.2) is 16.2 Å². The summed E-state index contributed by atoms with van der Waals surface area (Å²) in [6.07, 6.45) is 6.50. The fraction of sp³-hybridized carbons (Fsp3) is 0.793. The lowest BCUT2D eigenvalue weighted by atomic mass is 9.66. The maximum absolute atomic E-state index is 11.5. The van der Waals surface area contributed by atoms with Gasteiger partial charge < -0.3 is 14.2 Å². The van der Waals surface area contributed by atoms with Crippen molar-refractivity contribution in [3.8, 4) is 18.2 Å². The topological polar surface area (TPSA) is 150 Å². The summed E-state index contributed by atoms with van der Waals surface area (Å²) in [5.74, 6) is -0.0925. The molecule has 38 heavy (non-hydrogen) atoms. The third-order valence-corrected chi connectivity index (χ3v) is 10.2. The van der Waals surface area contributed by atoms with Crippen molar-refractivity contribution in [3.05, 3.63) is 0 Å². The van der Waals surface area contributed by atoms with Crippen LogP contribution in [-0.2, 0) is 28.6 Å². The summed E-state index contributed by atoms with van der Waals surface area (Å²) in [5, 5.41) is 26.8. The van der Waals surface area contributed by atoms with Gasteiger partial charge in [-0.25, -0.2) is 0 Å². The highest BCUT2D eigenvalue weighted by molar-refractivity contribution is 5.84. The van der Waals surface area contributed by atoms with Crippen LogP contribution in [0, 0.1) is 67.5 Å². The molecule has 0 aromatic carbocycles. The SMILES string of the molecule is CC1(C)CCC2(C#N)CC1OC2=O.CC1CCC2(C#N)CC1(C)OC2=O.CC1CCC2(C#N)CC1OC2=O. The summed E-state index contributed by atoms with van der Waals surface area (Å²) >= 11 is 0. The standard InChI is InChI=1S/2C10H13NO2.C9H11NO2/c1-9(2)3-4-10(6-11)5-7(9)13-8(10)12;1-7-3-4-10(6-11)5-9(7,2)13-8(10)12;1-6-2-3-9(5-10)4-7(6)12-8(9)11/h2*7H,3-5H2,1-2H3;6-7H,2-4H2,1H3. The van der Waals surface area contributed by atoms with E-state index in [9.17, 15) is 14.4 Å². The van der Waals surface area contributed by atoms with E-state index in [1.165, 1.54) is 0 Å². The Morgan fingerprint density at radius 1 is 0.737 bits per heavy atom. The Hall–Kier alpha value is -3.12. The number of carbonyl (C=O) groups excluding carboxylic acids is 3. The minimum absolute atomic E-state index is 0.00546. The van der Waals surface area contributed by atoms with Gasteiger partial charge in [0.2, 0.25) is 0 Å². The summed E-state index contributed by atoms with van der Waals surface area (Å²) in [6.45, 7) is 10.3. The van der Waals surface area contributed by atoms with Crippen molar-refractivity contribution < 1.29 is 28.6 Å². The Balaban J connectivity index is 0.000000133. The molecular weight excluding hydrogens is 486 g/mol. The molecule has 0 aromatic rings. The van der Waals surface area contributed by atoms with Gasteiger partial charge in [0, 0.05) is 24.7 Å². The second-order valence-corrected chi connectivity index (χ2v) is 13.2. The van der Waals surface area contributed by atoms with Crippen LogP contribution in [0.4, 0.5) is 0 Å². The molecule has 8 atom stereocenters. The quantitative estimate of drug-likeness (QED) is 0.330. The highest BCUT2D eigenvalue weighted by Gasteiger charge is 2.60. The first-order valence-electron chi connectivity index (χ1n) is 13.6. The number of hydrogen-bond donors (Lipinski definition) is 0. The van der Waals surface area contributed by atoms with Crippen molar-refractivity contribution >= 4 is 17.9 Å². The first-order chi connectivity index (χ1) is 17.7. The molecule has 3 saturated heterocycles. The Kier molecular flexibility index (Phi) is 6.80. The van der Waals surface area contributed by atoms with E-state index in [0.717, 1.165) is 19.3 Å². The van der Waals surface area contributed by atoms with E-state index < -0.39 is 16.2 Å². The molecule has 3 saturated carbocycles. The predicted molar refractivity (Wildman–Crippen MR) is 132 cm³/mol. The van der Waals surface area contributed by atoms with Crippen LogP contribution < -0.4 is 0 Å². The fourth-order valence-corrected chi connectivity index (χ4v) is 6.61. The zero-order valence-corrected chi connectivity index (χ0v) is 23.0. The number of nitrogens with zero attached hydrogens (tertiary/aromatic N) is 3. The van der Waals surface area contributed by atoms with Crippen molar-refractivity contribution in [3.63, 3.8) is 0 Å². The molecule has 9 nitrogen and oxygen atoms in total. The summed E-state index contributed by atoms with van der Waals surface area (Å²) in [4.78, 5) is 34.3. The predicted octanol–water partition coefficient (Wildman–Crippen LogP) is 4.51. The van der Waals surface area contributed by atoms with E-state index in [1.54, 1.807) is 0 Å². The second kappa shape index (κ2) is 9.26. The van der Waals surface area contributed by atoms with Crippen molar-refractivity contribution in [1.82, 2.24) is 0 Å². The van der Waals surface area contributed by atoms with Crippen molar-refractivity contribution in [1.29, 1.82) is 15.8 Å². The summed E-state index contributed by atoms with van der Waals surface area (Å²) < 4.78 is 15.7. The molecule has 6 aliphatic rings. The summed E-state index contributed by atoms with van der Waals surface area (Å²) in [6, 6.07) is 6.36. The number of ether oxygens (including phenoxy) is 3. The van der Waals surface area contributed by atoms with Crippen molar-refractivity contribution in [2.75, 3.05) is 0 Å². The van der Waals surface area contributed by atoms with Crippen molar-refractivity contribution in [2.45, 2.75) is 110 Å². The molecule has 6 fully saturated rings. The average molecular weight is 524 g/mol. The van der Waals surface area contributed by atoms with Gasteiger partial charge in [-0.2, -0.15) is 15.8 Å². The highest BCUT2D eigenvalue weighted by atomic mass is 16.6. The normalized spacial score (nSPS) is 44.8. The maximum Gasteiger partial charge on any atom is 0.327 e. The van der Waals surface area contributed by atoms with E-state index in [4.69, 9.17) is 30.0 Å². The van der Waals surface area contributed by atoms with Crippen LogP contribution in [0.1, 0.15) is 92.4 Å². The molecule has 3 heterocycles. The molecule has 0 N–H and O–H groups in total. The average Bonchev–Trinajstić information content (AvgIpc) is 3.43. The van der Waals surface area contributed by atoms with Crippen LogP contribution in [0.3, 0.4) is 0 Å². The minimum Gasteiger partial charge on any atom is -0.461 e. The summed E-state index contributed by atoms with van der Waals surface area (Å²) in [7, 11) is 0. The third-order valence-electron chi connectivity index (χ3n) is 10.2. The largest absolute Gasteiger partial charge is 0.461 e. The number of esters is 3. The van der Waals surface area contributed by atoms with Gasteiger partial charge in [-0.15, -0.1) is 0 Å². The lowest BCUT2D eigenvalue weighted by Gasteiger charge is -2.34. The molecule has 8 unspecified atom stereocenters. The lowest BCUT2D eigenvalue weighted by Crippen LogP contribution is -2.37. The molecule has 3 aliphatic carbocycles. The van der Waals surface area contributed by atoms with Gasteiger partial charge in [0.05, 0.1) is 18.2 Å². The monoisotopic (exact) mass is 523 g/mol. The zero-order chi connectivity index (χ0) is 28.1. The molecule has 204 valence electrons. The fourth-order valence-electron chi connectivity index (χ4n) is 6.61. The molecular formula is C29H37N3O6. The third kappa shape index (κ3) is 4.33. The Morgan fingerprint density at radius 2 is 1.32 bits per heavy atom. The van der Waals surface area contributed by atoms with Crippen LogP contribution in [0.2, 0.25) is 0 Å². The molecule has 6 rings (SSSR count). The van der Waals surface area contributed by atoms with Gasteiger partial charge in [-0.05, 0) is 57.3 Å². The molecule has 6 bridgehead atoms. The number of rotatable bonds is 0. The molecule has 9 heteroatoms. The van der Waals surface area contributed by atoms with Gasteiger partial charge in [0.1, 0.15) is 17.8 Å². The number of nitriles is 3. The van der Waals surface area contributed by atoms with Crippen LogP contribution in [0.5, 0.6) is 0 Å². The van der Waals surface area contributed by atoms with Crippen molar-refractivity contribution in [2.24, 2.45) is 33.5 Å². The number of fused-ring (bicyclic) bond motifs is 6. The first-order valence-corrected chi connectivity index (χ1v) is 13.6. The minimum atomic E-state index is -0.818. The van der Waals surface area contributed by atoms with Crippen LogP contribution in [0.15, 0.2) is 0 Å². The second-order valence-electron chi connectivity index (χ2n) is 13.2. The first kappa shape index (κ1) is 27.9. The van der Waals surface area contributed by atoms with Gasteiger partial charge in [0.25, 0.3) is 0 Å². The van der Waals surface area contributed by atoms with Crippen LogP contribution >= 0.6 is 0 Å². The van der Waals surface area contributed by atoms with E-state index in [2.05, 4.69) is 45.9 Å². The Morgan fingerprint density at radius 3 is 1.95 bits per heavy atom.